The van der Waals surface area contributed by atoms with Crippen LogP contribution in [-0.4, -0.2) is 49.3 Å². The van der Waals surface area contributed by atoms with Crippen LogP contribution in [0.4, 0.5) is 0 Å². The van der Waals surface area contributed by atoms with Crippen LogP contribution in [0.15, 0.2) is 0 Å². The zero-order valence-electron chi connectivity index (χ0n) is 12.2. The predicted molar refractivity (Wildman–Crippen MR) is 75.9 cm³/mol. The van der Waals surface area contributed by atoms with E-state index in [9.17, 15) is 0 Å². The highest BCUT2D eigenvalue weighted by atomic mass is 16.5. The summed E-state index contributed by atoms with van der Waals surface area (Å²) >= 11 is 0. The summed E-state index contributed by atoms with van der Waals surface area (Å²) in [6.45, 7) is 8.74. The van der Waals surface area contributed by atoms with Crippen LogP contribution in [0.2, 0.25) is 0 Å². The van der Waals surface area contributed by atoms with Crippen LogP contribution < -0.4 is 5.32 Å². The minimum absolute atomic E-state index is 0.661. The van der Waals surface area contributed by atoms with Crippen LogP contribution in [0.1, 0.15) is 52.4 Å². The van der Waals surface area contributed by atoms with Crippen molar-refractivity contribution in [2.75, 3.05) is 26.3 Å². The summed E-state index contributed by atoms with van der Waals surface area (Å²) in [5.41, 5.74) is 0. The molecule has 0 spiro atoms. The Hall–Kier alpha value is -0.120. The Morgan fingerprint density at radius 1 is 1.28 bits per heavy atom. The molecule has 3 unspecified atom stereocenters. The molecule has 1 saturated carbocycles. The summed E-state index contributed by atoms with van der Waals surface area (Å²) in [5.74, 6) is 0. The van der Waals surface area contributed by atoms with E-state index in [4.69, 9.17) is 4.74 Å². The summed E-state index contributed by atoms with van der Waals surface area (Å²) in [5, 5.41) is 3.72. The van der Waals surface area contributed by atoms with E-state index < -0.39 is 0 Å². The van der Waals surface area contributed by atoms with Gasteiger partial charge in [-0.15, -0.1) is 0 Å². The van der Waals surface area contributed by atoms with Crippen molar-refractivity contribution >= 4 is 0 Å². The Bertz CT molecular complexity index is 235. The van der Waals surface area contributed by atoms with E-state index in [-0.39, 0.29) is 0 Å². The maximum atomic E-state index is 5.63. The van der Waals surface area contributed by atoms with E-state index in [1.54, 1.807) is 0 Å². The molecule has 0 aromatic rings. The number of hydrogen-bond acceptors (Lipinski definition) is 3. The fraction of sp³-hybridized carbons (Fsp3) is 1.00. The maximum absolute atomic E-state index is 5.63. The molecule has 1 N–H and O–H groups in total. The Kier molecular flexibility index (Phi) is 5.93. The number of rotatable bonds is 5. The van der Waals surface area contributed by atoms with Gasteiger partial charge in [-0.25, -0.2) is 0 Å². The van der Waals surface area contributed by atoms with Crippen LogP contribution >= 0.6 is 0 Å². The van der Waals surface area contributed by atoms with E-state index in [1.165, 1.54) is 45.1 Å². The van der Waals surface area contributed by atoms with Crippen molar-refractivity contribution in [1.29, 1.82) is 0 Å². The van der Waals surface area contributed by atoms with Crippen molar-refractivity contribution in [1.82, 2.24) is 10.2 Å². The quantitative estimate of drug-likeness (QED) is 0.815. The molecule has 1 aliphatic carbocycles. The van der Waals surface area contributed by atoms with E-state index in [2.05, 4.69) is 24.1 Å². The standard InChI is InChI=1S/C15H30N2O/c1-3-8-16-13-6-5-7-15(11-13)17-9-10-18-12-14(17)4-2/h13-16H,3-12H2,1-2H3. The van der Waals surface area contributed by atoms with Crippen molar-refractivity contribution in [2.24, 2.45) is 0 Å². The molecule has 0 amide bonds. The second-order valence-electron chi connectivity index (χ2n) is 5.85. The summed E-state index contributed by atoms with van der Waals surface area (Å²) in [6.07, 6.45) is 7.97. The molecule has 1 saturated heterocycles. The van der Waals surface area contributed by atoms with Gasteiger partial charge >= 0.3 is 0 Å². The van der Waals surface area contributed by atoms with Gasteiger partial charge < -0.3 is 10.1 Å². The number of morpholine rings is 1. The fourth-order valence-electron chi connectivity index (χ4n) is 3.50. The van der Waals surface area contributed by atoms with Gasteiger partial charge in [0.15, 0.2) is 0 Å². The van der Waals surface area contributed by atoms with Gasteiger partial charge in [-0.2, -0.15) is 0 Å². The highest BCUT2D eigenvalue weighted by Crippen LogP contribution is 2.26. The van der Waals surface area contributed by atoms with Crippen molar-refractivity contribution in [2.45, 2.75) is 70.5 Å². The zero-order chi connectivity index (χ0) is 12.8. The van der Waals surface area contributed by atoms with E-state index >= 15 is 0 Å². The first-order chi connectivity index (χ1) is 8.85. The van der Waals surface area contributed by atoms with Gasteiger partial charge in [0.25, 0.3) is 0 Å². The van der Waals surface area contributed by atoms with Crippen molar-refractivity contribution in [3.05, 3.63) is 0 Å². The lowest BCUT2D eigenvalue weighted by molar-refractivity contribution is -0.0394. The van der Waals surface area contributed by atoms with Gasteiger partial charge in [0.05, 0.1) is 13.2 Å². The van der Waals surface area contributed by atoms with Gasteiger partial charge in [0, 0.05) is 24.7 Å². The smallest absolute Gasteiger partial charge is 0.0622 e. The second kappa shape index (κ2) is 7.46. The third kappa shape index (κ3) is 3.69. The minimum atomic E-state index is 0.661. The molecule has 0 bridgehead atoms. The average molecular weight is 254 g/mol. The summed E-state index contributed by atoms with van der Waals surface area (Å²) in [4.78, 5) is 2.74. The molecule has 18 heavy (non-hydrogen) atoms. The Labute approximate surface area is 112 Å². The number of ether oxygens (including phenoxy) is 1. The molecule has 0 radical (unpaired) electrons. The summed E-state index contributed by atoms with van der Waals surface area (Å²) < 4.78 is 5.63. The topological polar surface area (TPSA) is 24.5 Å². The van der Waals surface area contributed by atoms with Crippen LogP contribution in [0.25, 0.3) is 0 Å². The predicted octanol–water partition coefficient (Wildman–Crippen LogP) is 2.41. The lowest BCUT2D eigenvalue weighted by Crippen LogP contribution is -2.53. The second-order valence-corrected chi connectivity index (χ2v) is 5.85. The zero-order valence-corrected chi connectivity index (χ0v) is 12.2. The number of nitrogens with zero attached hydrogens (tertiary/aromatic N) is 1. The molecule has 3 nitrogen and oxygen atoms in total. The van der Waals surface area contributed by atoms with E-state index in [0.717, 1.165) is 31.8 Å². The maximum Gasteiger partial charge on any atom is 0.0622 e. The lowest BCUT2D eigenvalue weighted by Gasteiger charge is -2.44. The Balaban J connectivity index is 1.86. The van der Waals surface area contributed by atoms with Gasteiger partial charge in [0.2, 0.25) is 0 Å². The highest BCUT2D eigenvalue weighted by Gasteiger charge is 2.31. The molecular formula is C15H30N2O. The van der Waals surface area contributed by atoms with E-state index in [1.807, 2.05) is 0 Å². The molecule has 3 atom stereocenters. The molecule has 1 aliphatic heterocycles. The SMILES string of the molecule is CCCNC1CCCC(N2CCOCC2CC)C1. The molecule has 106 valence electrons. The van der Waals surface area contributed by atoms with Gasteiger partial charge in [-0.1, -0.05) is 20.3 Å². The normalized spacial score (nSPS) is 34.7. The Morgan fingerprint density at radius 2 is 2.17 bits per heavy atom. The minimum Gasteiger partial charge on any atom is -0.378 e. The molecule has 2 aliphatic rings. The van der Waals surface area contributed by atoms with Crippen LogP contribution in [0, 0.1) is 0 Å². The van der Waals surface area contributed by atoms with Crippen molar-refractivity contribution in [3.63, 3.8) is 0 Å². The largest absolute Gasteiger partial charge is 0.378 e. The number of nitrogens with one attached hydrogen (secondary N) is 1. The monoisotopic (exact) mass is 254 g/mol. The first kappa shape index (κ1) is 14.3. The van der Waals surface area contributed by atoms with Crippen molar-refractivity contribution in [3.8, 4) is 0 Å². The molecule has 1 heterocycles. The average Bonchev–Trinajstić information content (AvgIpc) is 2.45. The molecule has 2 rings (SSSR count). The summed E-state index contributed by atoms with van der Waals surface area (Å²) in [6, 6.07) is 2.21. The third-order valence-corrected chi connectivity index (χ3v) is 4.54. The highest BCUT2D eigenvalue weighted by molar-refractivity contribution is 4.88. The molecule has 0 aromatic carbocycles. The van der Waals surface area contributed by atoms with Crippen LogP contribution in [0.5, 0.6) is 0 Å². The number of hydrogen-bond donors (Lipinski definition) is 1. The lowest BCUT2D eigenvalue weighted by atomic mass is 9.88. The van der Waals surface area contributed by atoms with Gasteiger partial charge in [0.1, 0.15) is 0 Å². The van der Waals surface area contributed by atoms with Crippen molar-refractivity contribution < 1.29 is 4.74 Å². The molecular weight excluding hydrogens is 224 g/mol. The van der Waals surface area contributed by atoms with E-state index in [0.29, 0.717) is 6.04 Å². The molecule has 3 heteroatoms. The third-order valence-electron chi connectivity index (χ3n) is 4.54. The molecule has 0 aromatic heterocycles. The van der Waals surface area contributed by atoms with Gasteiger partial charge in [-0.3, -0.25) is 4.90 Å². The molecule has 2 fully saturated rings. The first-order valence-electron chi connectivity index (χ1n) is 7.92. The van der Waals surface area contributed by atoms with Gasteiger partial charge in [-0.05, 0) is 38.6 Å². The summed E-state index contributed by atoms with van der Waals surface area (Å²) in [7, 11) is 0. The first-order valence-corrected chi connectivity index (χ1v) is 7.92. The Morgan fingerprint density at radius 3 is 2.94 bits per heavy atom. The fourth-order valence-corrected chi connectivity index (χ4v) is 3.50. The van der Waals surface area contributed by atoms with Crippen LogP contribution in [-0.2, 0) is 4.74 Å². The van der Waals surface area contributed by atoms with Crippen LogP contribution in [0.3, 0.4) is 0 Å².